The number of rotatable bonds is 7. The van der Waals surface area contributed by atoms with Crippen LogP contribution in [0, 0.1) is 11.8 Å². The minimum absolute atomic E-state index is 0.641. The van der Waals surface area contributed by atoms with Crippen molar-refractivity contribution in [2.75, 3.05) is 19.6 Å². The Kier molecular flexibility index (Phi) is 7.14. The first-order chi connectivity index (χ1) is 8.22. The van der Waals surface area contributed by atoms with Crippen LogP contribution in [0.2, 0.25) is 0 Å². The summed E-state index contributed by atoms with van der Waals surface area (Å²) in [6.45, 7) is 10.2. The van der Waals surface area contributed by atoms with Gasteiger partial charge in [-0.1, -0.05) is 33.6 Å². The van der Waals surface area contributed by atoms with Crippen LogP contribution in [0.3, 0.4) is 0 Å². The van der Waals surface area contributed by atoms with Crippen molar-refractivity contribution in [2.45, 2.75) is 65.3 Å². The molecule has 0 heterocycles. The fourth-order valence-electron chi connectivity index (χ4n) is 3.33. The van der Waals surface area contributed by atoms with Crippen molar-refractivity contribution >= 4 is 0 Å². The van der Waals surface area contributed by atoms with Gasteiger partial charge in [-0.2, -0.15) is 0 Å². The van der Waals surface area contributed by atoms with Gasteiger partial charge in [0.2, 0.25) is 0 Å². The Morgan fingerprint density at radius 2 is 1.59 bits per heavy atom. The zero-order valence-electron chi connectivity index (χ0n) is 12.1. The van der Waals surface area contributed by atoms with E-state index in [0.29, 0.717) is 6.04 Å². The molecule has 0 aromatic heterocycles. The van der Waals surface area contributed by atoms with Gasteiger partial charge in [0, 0.05) is 12.6 Å². The average Bonchev–Trinajstić information content (AvgIpc) is 2.33. The fraction of sp³-hybridized carbons (Fsp3) is 1.00. The molecule has 0 amide bonds. The molecule has 1 atom stereocenters. The first-order valence-corrected chi connectivity index (χ1v) is 7.67. The molecule has 17 heavy (non-hydrogen) atoms. The monoisotopic (exact) mass is 240 g/mol. The number of hydrogen-bond acceptors (Lipinski definition) is 2. The third-order valence-electron chi connectivity index (χ3n) is 4.34. The van der Waals surface area contributed by atoms with Crippen molar-refractivity contribution in [3.05, 3.63) is 0 Å². The minimum Gasteiger partial charge on any atom is -0.329 e. The first-order valence-electron chi connectivity index (χ1n) is 7.67. The van der Waals surface area contributed by atoms with Gasteiger partial charge in [-0.15, -0.1) is 0 Å². The lowest BCUT2D eigenvalue weighted by Crippen LogP contribution is -2.47. The molecule has 0 spiro atoms. The second-order valence-corrected chi connectivity index (χ2v) is 5.86. The highest BCUT2D eigenvalue weighted by Gasteiger charge is 2.28. The molecular weight excluding hydrogens is 208 g/mol. The summed E-state index contributed by atoms with van der Waals surface area (Å²) in [5.74, 6) is 1.80. The summed E-state index contributed by atoms with van der Waals surface area (Å²) in [6, 6.07) is 0.641. The van der Waals surface area contributed by atoms with Crippen LogP contribution < -0.4 is 5.73 Å². The lowest BCUT2D eigenvalue weighted by Gasteiger charge is -2.39. The Balaban J connectivity index is 2.54. The van der Waals surface area contributed by atoms with Gasteiger partial charge in [0.25, 0.3) is 0 Å². The molecule has 0 aromatic rings. The Labute approximate surface area is 108 Å². The molecule has 2 N–H and O–H groups in total. The van der Waals surface area contributed by atoms with Gasteiger partial charge in [-0.3, -0.25) is 4.90 Å². The molecule has 1 unspecified atom stereocenters. The normalized spacial score (nSPS) is 27.4. The van der Waals surface area contributed by atoms with Crippen molar-refractivity contribution < 1.29 is 0 Å². The van der Waals surface area contributed by atoms with Gasteiger partial charge in [-0.25, -0.2) is 0 Å². The summed E-state index contributed by atoms with van der Waals surface area (Å²) in [7, 11) is 0. The van der Waals surface area contributed by atoms with E-state index in [0.717, 1.165) is 18.4 Å². The lowest BCUT2D eigenvalue weighted by molar-refractivity contribution is 0.111. The van der Waals surface area contributed by atoms with E-state index in [1.165, 1.54) is 51.6 Å². The smallest absolute Gasteiger partial charge is 0.0246 e. The molecule has 1 aliphatic rings. The molecule has 1 fully saturated rings. The van der Waals surface area contributed by atoms with E-state index < -0.39 is 0 Å². The van der Waals surface area contributed by atoms with E-state index in [1.54, 1.807) is 0 Å². The molecule has 2 heteroatoms. The third-order valence-corrected chi connectivity index (χ3v) is 4.34. The zero-order valence-corrected chi connectivity index (χ0v) is 12.1. The van der Waals surface area contributed by atoms with Crippen LogP contribution in [-0.4, -0.2) is 30.6 Å². The fourth-order valence-corrected chi connectivity index (χ4v) is 3.33. The summed E-state index contributed by atoms with van der Waals surface area (Å²) in [6.07, 6.45) is 8.11. The van der Waals surface area contributed by atoms with Crippen LogP contribution in [0.15, 0.2) is 0 Å². The second-order valence-electron chi connectivity index (χ2n) is 5.86. The van der Waals surface area contributed by atoms with Crippen molar-refractivity contribution in [3.8, 4) is 0 Å². The van der Waals surface area contributed by atoms with Crippen LogP contribution in [0.25, 0.3) is 0 Å². The maximum Gasteiger partial charge on any atom is 0.0246 e. The maximum absolute atomic E-state index is 6.06. The van der Waals surface area contributed by atoms with E-state index in [4.69, 9.17) is 5.73 Å². The highest BCUT2D eigenvalue weighted by molar-refractivity contribution is 4.83. The molecular formula is C15H32N2. The number of hydrogen-bond donors (Lipinski definition) is 1. The number of nitrogens with zero attached hydrogens (tertiary/aromatic N) is 1. The highest BCUT2D eigenvalue weighted by Crippen LogP contribution is 2.32. The molecule has 1 aliphatic carbocycles. The van der Waals surface area contributed by atoms with Crippen LogP contribution in [-0.2, 0) is 0 Å². The summed E-state index contributed by atoms with van der Waals surface area (Å²) < 4.78 is 0. The van der Waals surface area contributed by atoms with Gasteiger partial charge < -0.3 is 5.73 Å². The minimum atomic E-state index is 0.641. The van der Waals surface area contributed by atoms with Crippen LogP contribution in [0.5, 0.6) is 0 Å². The Morgan fingerprint density at radius 3 is 2.00 bits per heavy atom. The lowest BCUT2D eigenvalue weighted by atomic mass is 9.78. The largest absolute Gasteiger partial charge is 0.329 e. The van der Waals surface area contributed by atoms with E-state index in [9.17, 15) is 0 Å². The topological polar surface area (TPSA) is 29.3 Å². The van der Waals surface area contributed by atoms with Crippen LogP contribution in [0.1, 0.15) is 59.3 Å². The summed E-state index contributed by atoms with van der Waals surface area (Å²) in [5.41, 5.74) is 6.06. The summed E-state index contributed by atoms with van der Waals surface area (Å²) in [5, 5.41) is 0. The van der Waals surface area contributed by atoms with E-state index >= 15 is 0 Å². The van der Waals surface area contributed by atoms with Crippen molar-refractivity contribution in [3.63, 3.8) is 0 Å². The Bertz CT molecular complexity index is 179. The van der Waals surface area contributed by atoms with Gasteiger partial charge >= 0.3 is 0 Å². The van der Waals surface area contributed by atoms with Gasteiger partial charge in [0.1, 0.15) is 0 Å². The van der Waals surface area contributed by atoms with Crippen molar-refractivity contribution in [1.29, 1.82) is 0 Å². The SMILES string of the molecule is CCCN(CCC)C(CN)C1CCC(C)CC1. The number of nitrogens with two attached hydrogens (primary N) is 1. The van der Waals surface area contributed by atoms with Gasteiger partial charge in [0.15, 0.2) is 0 Å². The first kappa shape index (κ1) is 15.0. The van der Waals surface area contributed by atoms with Crippen molar-refractivity contribution in [2.24, 2.45) is 17.6 Å². The standard InChI is InChI=1S/C15H32N2/c1-4-10-17(11-5-2)15(12-16)14-8-6-13(3)7-9-14/h13-15H,4-12,16H2,1-3H3. The van der Waals surface area contributed by atoms with E-state index in [1.807, 2.05) is 0 Å². The zero-order chi connectivity index (χ0) is 12.7. The summed E-state index contributed by atoms with van der Waals surface area (Å²) >= 11 is 0. The van der Waals surface area contributed by atoms with E-state index in [-0.39, 0.29) is 0 Å². The molecule has 1 rings (SSSR count). The van der Waals surface area contributed by atoms with Gasteiger partial charge in [-0.05, 0) is 50.6 Å². The molecule has 0 saturated heterocycles. The summed E-state index contributed by atoms with van der Waals surface area (Å²) in [4.78, 5) is 2.65. The average molecular weight is 240 g/mol. The quantitative estimate of drug-likeness (QED) is 0.740. The second kappa shape index (κ2) is 8.10. The predicted molar refractivity (Wildman–Crippen MR) is 76.1 cm³/mol. The Morgan fingerprint density at radius 1 is 1.06 bits per heavy atom. The highest BCUT2D eigenvalue weighted by atomic mass is 15.2. The van der Waals surface area contributed by atoms with Crippen LogP contribution in [0.4, 0.5) is 0 Å². The van der Waals surface area contributed by atoms with Gasteiger partial charge in [0.05, 0.1) is 0 Å². The van der Waals surface area contributed by atoms with Crippen molar-refractivity contribution in [1.82, 2.24) is 4.90 Å². The van der Waals surface area contributed by atoms with Crippen LogP contribution >= 0.6 is 0 Å². The van der Waals surface area contributed by atoms with E-state index in [2.05, 4.69) is 25.7 Å². The maximum atomic E-state index is 6.06. The molecule has 0 aromatic carbocycles. The third kappa shape index (κ3) is 4.59. The molecule has 1 saturated carbocycles. The predicted octanol–water partition coefficient (Wildman–Crippen LogP) is 3.26. The Hall–Kier alpha value is -0.0800. The molecule has 102 valence electrons. The molecule has 0 bridgehead atoms. The molecule has 2 nitrogen and oxygen atoms in total. The molecule has 0 radical (unpaired) electrons. The molecule has 0 aliphatic heterocycles.